The molecule has 0 aliphatic carbocycles. The van der Waals surface area contributed by atoms with E-state index in [1.807, 2.05) is 0 Å². The van der Waals surface area contributed by atoms with Gasteiger partial charge in [-0.3, -0.25) is 15.0 Å². The van der Waals surface area contributed by atoms with Gasteiger partial charge in [0, 0.05) is 32.0 Å². The summed E-state index contributed by atoms with van der Waals surface area (Å²) in [5.41, 5.74) is 2.16. The number of nitrogens with two attached hydrogens (primary N) is 1. The lowest BCUT2D eigenvalue weighted by molar-refractivity contribution is -0.125. The second kappa shape index (κ2) is 7.59. The number of likely N-dealkylation sites (tertiary alicyclic amines) is 1. The van der Waals surface area contributed by atoms with Gasteiger partial charge in [0.15, 0.2) is 0 Å². The number of fused-ring (bicyclic) bond motifs is 1. The average Bonchev–Trinajstić information content (AvgIpc) is 2.46. The van der Waals surface area contributed by atoms with E-state index in [4.69, 9.17) is 5.84 Å². The van der Waals surface area contributed by atoms with E-state index in [-0.39, 0.29) is 11.8 Å². The van der Waals surface area contributed by atoms with Gasteiger partial charge in [0.05, 0.1) is 0 Å². The number of hydrogen-bond acceptors (Lipinski definition) is 4. The molecule has 0 radical (unpaired) electrons. The molecule has 2 atom stereocenters. The smallest absolute Gasteiger partial charge is 0.233 e. The first-order valence-corrected chi connectivity index (χ1v) is 7.70. The van der Waals surface area contributed by atoms with Crippen LogP contribution in [0.5, 0.6) is 0 Å². The van der Waals surface area contributed by atoms with Crippen molar-refractivity contribution in [2.24, 2.45) is 11.8 Å². The molecule has 2 aliphatic heterocycles. The lowest BCUT2D eigenvalue weighted by Gasteiger charge is -2.41. The van der Waals surface area contributed by atoms with Crippen molar-refractivity contribution in [3.05, 3.63) is 0 Å². The summed E-state index contributed by atoms with van der Waals surface area (Å²) in [7, 11) is 0. The van der Waals surface area contributed by atoms with Gasteiger partial charge >= 0.3 is 0 Å². The van der Waals surface area contributed by atoms with Gasteiger partial charge in [0.25, 0.3) is 0 Å². The number of nitrogens with zero attached hydrogens (tertiary/aromatic N) is 1. The van der Waals surface area contributed by atoms with Crippen molar-refractivity contribution in [1.82, 2.24) is 15.6 Å². The average molecular weight is 282 g/mol. The van der Waals surface area contributed by atoms with E-state index >= 15 is 0 Å². The Balaban J connectivity index is 1.59. The van der Waals surface area contributed by atoms with Crippen molar-refractivity contribution in [3.8, 4) is 0 Å². The maximum Gasteiger partial charge on any atom is 0.233 e. The second-order valence-electron chi connectivity index (χ2n) is 5.94. The molecule has 2 heterocycles. The first-order valence-electron chi connectivity index (χ1n) is 7.70. The summed E-state index contributed by atoms with van der Waals surface area (Å²) in [4.78, 5) is 24.8. The zero-order valence-electron chi connectivity index (χ0n) is 12.1. The molecule has 2 saturated heterocycles. The van der Waals surface area contributed by atoms with Gasteiger partial charge in [0.2, 0.25) is 11.8 Å². The van der Waals surface area contributed by atoms with Crippen molar-refractivity contribution < 1.29 is 9.59 Å². The summed E-state index contributed by atoms with van der Waals surface area (Å²) in [5, 5.41) is 3.11. The Kier molecular flexibility index (Phi) is 5.79. The Hall–Kier alpha value is -1.14. The molecule has 6 heteroatoms. The maximum atomic E-state index is 11.4. The van der Waals surface area contributed by atoms with Crippen LogP contribution in [0.3, 0.4) is 0 Å². The molecule has 114 valence electrons. The van der Waals surface area contributed by atoms with E-state index in [1.165, 1.54) is 0 Å². The second-order valence-corrected chi connectivity index (χ2v) is 5.94. The molecular formula is C14H26N4O2. The number of amides is 2. The van der Waals surface area contributed by atoms with E-state index < -0.39 is 0 Å². The topological polar surface area (TPSA) is 87.5 Å². The Labute approximate surface area is 120 Å². The van der Waals surface area contributed by atoms with Crippen LogP contribution in [0.25, 0.3) is 0 Å². The summed E-state index contributed by atoms with van der Waals surface area (Å²) >= 11 is 0. The predicted molar refractivity (Wildman–Crippen MR) is 76.5 cm³/mol. The number of piperidine rings is 2. The number of carbonyl (C=O) groups excluding carboxylic acids is 2. The van der Waals surface area contributed by atoms with Gasteiger partial charge in [-0.25, -0.2) is 5.84 Å². The van der Waals surface area contributed by atoms with Gasteiger partial charge in [-0.15, -0.1) is 0 Å². The highest BCUT2D eigenvalue weighted by atomic mass is 16.2. The van der Waals surface area contributed by atoms with Gasteiger partial charge in [-0.1, -0.05) is 6.42 Å². The fourth-order valence-corrected chi connectivity index (χ4v) is 3.26. The minimum atomic E-state index is -0.0799. The van der Waals surface area contributed by atoms with Crippen molar-refractivity contribution in [1.29, 1.82) is 0 Å². The third-order valence-electron chi connectivity index (χ3n) is 4.45. The largest absolute Gasteiger partial charge is 0.353 e. The summed E-state index contributed by atoms with van der Waals surface area (Å²) in [6.45, 7) is 3.28. The summed E-state index contributed by atoms with van der Waals surface area (Å²) < 4.78 is 0. The molecule has 6 nitrogen and oxygen atoms in total. The number of unbranched alkanes of at least 4 members (excludes halogenated alkanes) is 2. The predicted octanol–water partition coefficient (Wildman–Crippen LogP) is 0.137. The fourth-order valence-electron chi connectivity index (χ4n) is 3.26. The molecule has 2 fully saturated rings. The number of hydrogen-bond donors (Lipinski definition) is 3. The van der Waals surface area contributed by atoms with Crippen LogP contribution in [0.2, 0.25) is 0 Å². The molecule has 0 aromatic heterocycles. The van der Waals surface area contributed by atoms with Gasteiger partial charge in [-0.2, -0.15) is 0 Å². The summed E-state index contributed by atoms with van der Waals surface area (Å²) in [6, 6.07) is 0.403. The first-order chi connectivity index (χ1) is 9.69. The Morgan fingerprint density at radius 3 is 3.00 bits per heavy atom. The summed E-state index contributed by atoms with van der Waals surface area (Å²) in [5.74, 6) is 5.81. The molecule has 0 aromatic carbocycles. The van der Waals surface area contributed by atoms with Crippen LogP contribution in [0.15, 0.2) is 0 Å². The minimum absolute atomic E-state index is 0.0799. The molecule has 0 spiro atoms. The highest BCUT2D eigenvalue weighted by molar-refractivity contribution is 5.77. The normalized spacial score (nSPS) is 26.8. The molecule has 0 saturated carbocycles. The lowest BCUT2D eigenvalue weighted by Crippen LogP contribution is -2.54. The summed E-state index contributed by atoms with van der Waals surface area (Å²) in [6.07, 6.45) is 6.40. The Morgan fingerprint density at radius 2 is 2.20 bits per heavy atom. The SMILES string of the molecule is NNC(=O)CCCCCN1CCC2NC(=O)CCC2C1. The molecule has 20 heavy (non-hydrogen) atoms. The molecule has 0 bridgehead atoms. The Bertz CT molecular complexity index is 348. The van der Waals surface area contributed by atoms with Crippen LogP contribution in [0.1, 0.15) is 44.9 Å². The Morgan fingerprint density at radius 1 is 1.35 bits per heavy atom. The number of hydrazine groups is 1. The van der Waals surface area contributed by atoms with E-state index in [2.05, 4.69) is 15.6 Å². The maximum absolute atomic E-state index is 11.4. The van der Waals surface area contributed by atoms with E-state index in [9.17, 15) is 9.59 Å². The molecule has 2 amide bonds. The third kappa shape index (κ3) is 4.45. The fraction of sp³-hybridized carbons (Fsp3) is 0.857. The van der Waals surface area contributed by atoms with Crippen LogP contribution in [0.4, 0.5) is 0 Å². The number of nitrogens with one attached hydrogen (secondary N) is 2. The highest BCUT2D eigenvalue weighted by Crippen LogP contribution is 2.25. The quantitative estimate of drug-likeness (QED) is 0.280. The highest BCUT2D eigenvalue weighted by Gasteiger charge is 2.33. The monoisotopic (exact) mass is 282 g/mol. The van der Waals surface area contributed by atoms with Crippen molar-refractivity contribution >= 4 is 11.8 Å². The zero-order valence-corrected chi connectivity index (χ0v) is 12.1. The van der Waals surface area contributed by atoms with Gasteiger partial charge in [0.1, 0.15) is 0 Å². The molecule has 0 aromatic rings. The van der Waals surface area contributed by atoms with Crippen LogP contribution >= 0.6 is 0 Å². The van der Waals surface area contributed by atoms with Crippen LogP contribution in [-0.2, 0) is 9.59 Å². The van der Waals surface area contributed by atoms with Gasteiger partial charge in [-0.05, 0) is 38.1 Å². The number of carbonyl (C=O) groups is 2. The molecule has 4 N–H and O–H groups in total. The minimum Gasteiger partial charge on any atom is -0.353 e. The van der Waals surface area contributed by atoms with Crippen molar-refractivity contribution in [3.63, 3.8) is 0 Å². The van der Waals surface area contributed by atoms with Crippen LogP contribution < -0.4 is 16.6 Å². The van der Waals surface area contributed by atoms with Gasteiger partial charge < -0.3 is 10.2 Å². The number of rotatable bonds is 6. The van der Waals surface area contributed by atoms with Crippen LogP contribution in [0, 0.1) is 5.92 Å². The van der Waals surface area contributed by atoms with Crippen molar-refractivity contribution in [2.75, 3.05) is 19.6 Å². The standard InChI is InChI=1S/C14H26N4O2/c15-17-14(20)4-2-1-3-8-18-9-7-12-11(10-18)5-6-13(19)16-12/h11-12H,1-10,15H2,(H,16,19)(H,17,20). The molecule has 2 aliphatic rings. The molecule has 2 rings (SSSR count). The molecular weight excluding hydrogens is 256 g/mol. The van der Waals surface area contributed by atoms with E-state index in [1.54, 1.807) is 0 Å². The molecule has 2 unspecified atom stereocenters. The van der Waals surface area contributed by atoms with Crippen LogP contribution in [-0.4, -0.2) is 42.4 Å². The zero-order chi connectivity index (χ0) is 14.4. The van der Waals surface area contributed by atoms with E-state index in [0.717, 1.165) is 51.7 Å². The lowest BCUT2D eigenvalue weighted by atomic mass is 9.85. The first kappa shape index (κ1) is 15.3. The van der Waals surface area contributed by atoms with E-state index in [0.29, 0.717) is 24.8 Å². The third-order valence-corrected chi connectivity index (χ3v) is 4.45. The van der Waals surface area contributed by atoms with Crippen molar-refractivity contribution in [2.45, 2.75) is 51.0 Å².